The van der Waals surface area contributed by atoms with Gasteiger partial charge in [0.2, 0.25) is 11.8 Å². The van der Waals surface area contributed by atoms with Crippen LogP contribution in [0.2, 0.25) is 5.02 Å². The van der Waals surface area contributed by atoms with Crippen molar-refractivity contribution in [3.8, 4) is 0 Å². The van der Waals surface area contributed by atoms with Crippen LogP contribution >= 0.6 is 11.6 Å². The molecule has 1 aromatic carbocycles. The molecule has 2 aliphatic rings. The lowest BCUT2D eigenvalue weighted by Crippen LogP contribution is -2.43. The minimum absolute atomic E-state index is 0.00771. The summed E-state index contributed by atoms with van der Waals surface area (Å²) in [7, 11) is 0. The predicted octanol–water partition coefficient (Wildman–Crippen LogP) is 3.26. The Labute approximate surface area is 142 Å². The van der Waals surface area contributed by atoms with Gasteiger partial charge in [-0.05, 0) is 43.4 Å². The van der Waals surface area contributed by atoms with Gasteiger partial charge < -0.3 is 9.80 Å². The molecule has 2 saturated heterocycles. The highest BCUT2D eigenvalue weighted by Crippen LogP contribution is 2.30. The van der Waals surface area contributed by atoms with E-state index in [2.05, 4.69) is 6.92 Å². The van der Waals surface area contributed by atoms with Gasteiger partial charge in [-0.3, -0.25) is 9.59 Å². The highest BCUT2D eigenvalue weighted by molar-refractivity contribution is 6.31. The average molecular weight is 335 g/mol. The van der Waals surface area contributed by atoms with Crippen LogP contribution in [-0.4, -0.2) is 36.3 Å². The highest BCUT2D eigenvalue weighted by Gasteiger charge is 2.38. The van der Waals surface area contributed by atoms with Crippen molar-refractivity contribution in [1.29, 1.82) is 0 Å². The molecule has 5 heteroatoms. The molecule has 2 aliphatic heterocycles. The molecule has 23 heavy (non-hydrogen) atoms. The lowest BCUT2D eigenvalue weighted by Gasteiger charge is -2.32. The lowest BCUT2D eigenvalue weighted by molar-refractivity contribution is -0.137. The van der Waals surface area contributed by atoms with Crippen LogP contribution in [0.4, 0.5) is 5.69 Å². The van der Waals surface area contributed by atoms with Crippen LogP contribution < -0.4 is 4.90 Å². The van der Waals surface area contributed by atoms with Crippen molar-refractivity contribution in [2.24, 2.45) is 11.8 Å². The van der Waals surface area contributed by atoms with Crippen molar-refractivity contribution in [2.45, 2.75) is 33.1 Å². The second-order valence-corrected chi connectivity index (χ2v) is 7.28. The fraction of sp³-hybridized carbons (Fsp3) is 0.556. The van der Waals surface area contributed by atoms with E-state index in [0.717, 1.165) is 30.8 Å². The van der Waals surface area contributed by atoms with Crippen LogP contribution in [0.3, 0.4) is 0 Å². The van der Waals surface area contributed by atoms with Crippen molar-refractivity contribution in [2.75, 3.05) is 24.5 Å². The highest BCUT2D eigenvalue weighted by atomic mass is 35.5. The van der Waals surface area contributed by atoms with Gasteiger partial charge >= 0.3 is 0 Å². The summed E-state index contributed by atoms with van der Waals surface area (Å²) in [5, 5.41) is 0.648. The number of piperidine rings is 1. The number of halogens is 1. The third kappa shape index (κ3) is 3.37. The summed E-state index contributed by atoms with van der Waals surface area (Å²) in [6.07, 6.45) is 2.54. The minimum atomic E-state index is -0.229. The zero-order chi connectivity index (χ0) is 16.6. The number of anilines is 1. The molecule has 2 atom stereocenters. The van der Waals surface area contributed by atoms with Crippen molar-refractivity contribution in [1.82, 2.24) is 4.90 Å². The summed E-state index contributed by atoms with van der Waals surface area (Å²) < 4.78 is 0. The molecule has 1 aromatic rings. The van der Waals surface area contributed by atoms with E-state index < -0.39 is 0 Å². The largest absolute Gasteiger partial charge is 0.342 e. The zero-order valence-corrected chi connectivity index (χ0v) is 14.5. The standard InChI is InChI=1S/C18H23ClN2O2/c1-12-4-3-7-20(10-12)18(23)14-8-17(22)21(11-14)15-6-5-13(2)16(19)9-15/h5-6,9,12,14H,3-4,7-8,10-11H2,1-2H3/t12-,14-/m0/s1. The Kier molecular flexibility index (Phi) is 4.62. The van der Waals surface area contributed by atoms with E-state index in [4.69, 9.17) is 11.6 Å². The van der Waals surface area contributed by atoms with Gasteiger partial charge in [-0.2, -0.15) is 0 Å². The summed E-state index contributed by atoms with van der Waals surface area (Å²) in [6.45, 7) is 6.22. The molecule has 0 N–H and O–H groups in total. The van der Waals surface area contributed by atoms with Gasteiger partial charge in [-0.15, -0.1) is 0 Å². The van der Waals surface area contributed by atoms with Crippen LogP contribution in [0.1, 0.15) is 31.7 Å². The first-order valence-electron chi connectivity index (χ1n) is 8.31. The summed E-state index contributed by atoms with van der Waals surface area (Å²) in [5.41, 5.74) is 1.77. The van der Waals surface area contributed by atoms with Gasteiger partial charge in [-0.25, -0.2) is 0 Å². The number of hydrogen-bond donors (Lipinski definition) is 0. The Morgan fingerprint density at radius 3 is 2.78 bits per heavy atom. The Morgan fingerprint density at radius 1 is 1.30 bits per heavy atom. The average Bonchev–Trinajstić information content (AvgIpc) is 2.91. The first-order valence-corrected chi connectivity index (χ1v) is 8.69. The molecule has 0 radical (unpaired) electrons. The maximum absolute atomic E-state index is 12.7. The molecule has 0 aliphatic carbocycles. The van der Waals surface area contributed by atoms with E-state index in [-0.39, 0.29) is 17.7 Å². The summed E-state index contributed by atoms with van der Waals surface area (Å²) in [5.74, 6) is 0.462. The van der Waals surface area contributed by atoms with Gasteiger partial charge in [0.25, 0.3) is 0 Å². The molecule has 2 heterocycles. The minimum Gasteiger partial charge on any atom is -0.342 e. The summed E-state index contributed by atoms with van der Waals surface area (Å²) in [4.78, 5) is 28.7. The fourth-order valence-electron chi connectivity index (χ4n) is 3.52. The summed E-state index contributed by atoms with van der Waals surface area (Å²) >= 11 is 6.16. The maximum atomic E-state index is 12.7. The SMILES string of the molecule is Cc1ccc(N2C[C@@H](C(=O)N3CCC[C@H](C)C3)CC2=O)cc1Cl. The molecule has 0 bridgehead atoms. The number of carbonyl (C=O) groups is 2. The van der Waals surface area contributed by atoms with E-state index in [0.29, 0.717) is 23.9 Å². The fourth-order valence-corrected chi connectivity index (χ4v) is 3.69. The molecule has 2 fully saturated rings. The topological polar surface area (TPSA) is 40.6 Å². The first kappa shape index (κ1) is 16.3. The molecule has 0 saturated carbocycles. The number of rotatable bonds is 2. The zero-order valence-electron chi connectivity index (χ0n) is 13.7. The van der Waals surface area contributed by atoms with Crippen molar-refractivity contribution in [3.63, 3.8) is 0 Å². The second kappa shape index (κ2) is 6.52. The van der Waals surface area contributed by atoms with Gasteiger partial charge in [-0.1, -0.05) is 24.6 Å². The van der Waals surface area contributed by atoms with Gasteiger partial charge in [0, 0.05) is 36.8 Å². The normalized spacial score (nSPS) is 25.1. The number of amides is 2. The van der Waals surface area contributed by atoms with E-state index in [1.165, 1.54) is 6.42 Å². The number of benzene rings is 1. The van der Waals surface area contributed by atoms with Crippen molar-refractivity contribution in [3.05, 3.63) is 28.8 Å². The van der Waals surface area contributed by atoms with Crippen molar-refractivity contribution >= 4 is 29.1 Å². The van der Waals surface area contributed by atoms with E-state index >= 15 is 0 Å². The molecule has 2 amide bonds. The molecule has 0 unspecified atom stereocenters. The quantitative estimate of drug-likeness (QED) is 0.833. The first-order chi connectivity index (χ1) is 11.0. The number of likely N-dealkylation sites (tertiary alicyclic amines) is 1. The Hall–Kier alpha value is -1.55. The van der Waals surface area contributed by atoms with E-state index in [1.54, 1.807) is 4.90 Å². The molecule has 0 spiro atoms. The Bertz CT molecular complexity index is 631. The summed E-state index contributed by atoms with van der Waals surface area (Å²) in [6, 6.07) is 5.62. The van der Waals surface area contributed by atoms with Gasteiger partial charge in [0.1, 0.15) is 0 Å². The molecular weight excluding hydrogens is 312 g/mol. The third-order valence-electron chi connectivity index (χ3n) is 4.91. The van der Waals surface area contributed by atoms with Crippen LogP contribution in [0, 0.1) is 18.8 Å². The van der Waals surface area contributed by atoms with Crippen LogP contribution in [0.5, 0.6) is 0 Å². The predicted molar refractivity (Wildman–Crippen MR) is 91.6 cm³/mol. The van der Waals surface area contributed by atoms with Gasteiger partial charge in [0.05, 0.1) is 5.92 Å². The van der Waals surface area contributed by atoms with Crippen LogP contribution in [0.15, 0.2) is 18.2 Å². The Balaban J connectivity index is 1.71. The number of nitrogens with zero attached hydrogens (tertiary/aromatic N) is 2. The monoisotopic (exact) mass is 334 g/mol. The molecular formula is C18H23ClN2O2. The van der Waals surface area contributed by atoms with Crippen LogP contribution in [-0.2, 0) is 9.59 Å². The van der Waals surface area contributed by atoms with Crippen LogP contribution in [0.25, 0.3) is 0 Å². The third-order valence-corrected chi connectivity index (χ3v) is 5.32. The van der Waals surface area contributed by atoms with E-state index in [9.17, 15) is 9.59 Å². The number of aryl methyl sites for hydroxylation is 1. The van der Waals surface area contributed by atoms with Gasteiger partial charge in [0.15, 0.2) is 0 Å². The smallest absolute Gasteiger partial charge is 0.228 e. The molecule has 3 rings (SSSR count). The second-order valence-electron chi connectivity index (χ2n) is 6.87. The molecule has 124 valence electrons. The van der Waals surface area contributed by atoms with Crippen molar-refractivity contribution < 1.29 is 9.59 Å². The molecule has 4 nitrogen and oxygen atoms in total. The maximum Gasteiger partial charge on any atom is 0.228 e. The number of hydrogen-bond acceptors (Lipinski definition) is 2. The van der Waals surface area contributed by atoms with E-state index in [1.807, 2.05) is 30.0 Å². The Morgan fingerprint density at radius 2 is 2.09 bits per heavy atom. The number of carbonyl (C=O) groups excluding carboxylic acids is 2. The molecule has 0 aromatic heterocycles. The lowest BCUT2D eigenvalue weighted by atomic mass is 9.98.